The van der Waals surface area contributed by atoms with E-state index in [4.69, 9.17) is 9.15 Å². The number of anilines is 1. The Morgan fingerprint density at radius 2 is 2.03 bits per heavy atom. The van der Waals surface area contributed by atoms with Gasteiger partial charge in [0.15, 0.2) is 11.6 Å². The number of aromatic nitrogens is 2. The lowest BCUT2D eigenvalue weighted by Gasteiger charge is -2.32. The van der Waals surface area contributed by atoms with E-state index in [9.17, 15) is 4.79 Å². The summed E-state index contributed by atoms with van der Waals surface area (Å²) >= 11 is 0. The maximum atomic E-state index is 12.7. The number of benzene rings is 1. The van der Waals surface area contributed by atoms with Crippen molar-refractivity contribution in [2.75, 3.05) is 31.1 Å². The van der Waals surface area contributed by atoms with Crippen LogP contribution in [0.2, 0.25) is 0 Å². The van der Waals surface area contributed by atoms with Gasteiger partial charge >= 0.3 is 0 Å². The third kappa shape index (κ3) is 5.42. The van der Waals surface area contributed by atoms with E-state index in [0.29, 0.717) is 31.2 Å². The van der Waals surface area contributed by atoms with Crippen LogP contribution in [0.15, 0.2) is 53.1 Å². The highest BCUT2D eigenvalue weighted by Crippen LogP contribution is 2.23. The third-order valence-corrected chi connectivity index (χ3v) is 5.41. The molecule has 7 heteroatoms. The van der Waals surface area contributed by atoms with Gasteiger partial charge in [-0.25, -0.2) is 0 Å². The molecule has 4 rings (SSSR count). The summed E-state index contributed by atoms with van der Waals surface area (Å²) in [7, 11) is 0. The van der Waals surface area contributed by atoms with Crippen molar-refractivity contribution in [2.45, 2.75) is 26.7 Å². The molecule has 1 fully saturated rings. The fourth-order valence-electron chi connectivity index (χ4n) is 3.95. The molecular weight excluding hydrogens is 392 g/mol. The van der Waals surface area contributed by atoms with Crippen LogP contribution in [-0.2, 0) is 4.79 Å². The highest BCUT2D eigenvalue weighted by Gasteiger charge is 2.26. The number of carbonyl (C=O) groups excluding carboxylic acids is 1. The number of amides is 1. The van der Waals surface area contributed by atoms with Crippen molar-refractivity contribution in [3.8, 4) is 17.2 Å². The number of nitrogens with zero attached hydrogens (tertiary/aromatic N) is 3. The first-order valence-corrected chi connectivity index (χ1v) is 10.7. The monoisotopic (exact) mass is 420 g/mol. The molecule has 1 saturated heterocycles. The lowest BCUT2D eigenvalue weighted by Crippen LogP contribution is -2.44. The van der Waals surface area contributed by atoms with Gasteiger partial charge in [0, 0.05) is 13.1 Å². The van der Waals surface area contributed by atoms with Crippen LogP contribution in [0.4, 0.5) is 5.82 Å². The average Bonchev–Trinajstić information content (AvgIpc) is 3.31. The van der Waals surface area contributed by atoms with E-state index in [2.05, 4.69) is 26.5 Å². The standard InChI is InChI=1S/C24H28N4O3/c1-17-13-18(2)15-20(14-17)30-12-9-25-24(29)19-5-3-10-28(16-19)23-8-7-21(26-27-23)22-6-4-11-31-22/h4,6-8,11,13-15,19H,3,5,9-10,12,16H2,1-2H3,(H,25,29). The van der Waals surface area contributed by atoms with E-state index < -0.39 is 0 Å². The highest BCUT2D eigenvalue weighted by molar-refractivity contribution is 5.79. The summed E-state index contributed by atoms with van der Waals surface area (Å²) in [6, 6.07) is 13.6. The van der Waals surface area contributed by atoms with Gasteiger partial charge in [-0.15, -0.1) is 10.2 Å². The van der Waals surface area contributed by atoms with E-state index in [1.54, 1.807) is 6.26 Å². The Labute approximate surface area is 182 Å². The summed E-state index contributed by atoms with van der Waals surface area (Å²) < 4.78 is 11.1. The maximum Gasteiger partial charge on any atom is 0.225 e. The van der Waals surface area contributed by atoms with Gasteiger partial charge in [0.2, 0.25) is 5.91 Å². The first-order chi connectivity index (χ1) is 15.1. The zero-order valence-corrected chi connectivity index (χ0v) is 18.0. The van der Waals surface area contributed by atoms with Crippen molar-refractivity contribution < 1.29 is 13.9 Å². The summed E-state index contributed by atoms with van der Waals surface area (Å²) in [5.74, 6) is 2.31. The Bertz CT molecular complexity index is 982. The average molecular weight is 421 g/mol. The Kier molecular flexibility index (Phi) is 6.50. The zero-order chi connectivity index (χ0) is 21.6. The van der Waals surface area contributed by atoms with Crippen molar-refractivity contribution in [3.63, 3.8) is 0 Å². The molecule has 0 saturated carbocycles. The first-order valence-electron chi connectivity index (χ1n) is 10.7. The third-order valence-electron chi connectivity index (χ3n) is 5.41. The molecule has 0 bridgehead atoms. The van der Waals surface area contributed by atoms with Gasteiger partial charge in [0.05, 0.1) is 18.7 Å². The number of furan rings is 1. The number of nitrogens with one attached hydrogen (secondary N) is 1. The van der Waals surface area contributed by atoms with Crippen molar-refractivity contribution in [2.24, 2.45) is 5.92 Å². The van der Waals surface area contributed by atoms with Crippen LogP contribution in [0.25, 0.3) is 11.5 Å². The van der Waals surface area contributed by atoms with Gasteiger partial charge in [-0.05, 0) is 74.2 Å². The molecule has 0 radical (unpaired) electrons. The number of hydrogen-bond donors (Lipinski definition) is 1. The Morgan fingerprint density at radius 3 is 2.74 bits per heavy atom. The van der Waals surface area contributed by atoms with E-state index in [0.717, 1.165) is 31.0 Å². The molecule has 1 unspecified atom stereocenters. The second-order valence-corrected chi connectivity index (χ2v) is 8.00. The fraction of sp³-hybridized carbons (Fsp3) is 0.375. The van der Waals surface area contributed by atoms with Gasteiger partial charge in [-0.2, -0.15) is 0 Å². The minimum absolute atomic E-state index is 0.0638. The molecule has 3 heterocycles. The minimum Gasteiger partial charge on any atom is -0.492 e. The molecular formula is C24H28N4O3. The number of hydrogen-bond acceptors (Lipinski definition) is 6. The fourth-order valence-corrected chi connectivity index (χ4v) is 3.95. The topological polar surface area (TPSA) is 80.5 Å². The molecule has 1 N–H and O–H groups in total. The second kappa shape index (κ2) is 9.64. The Hall–Kier alpha value is -3.35. The summed E-state index contributed by atoms with van der Waals surface area (Å²) in [4.78, 5) is 14.8. The summed E-state index contributed by atoms with van der Waals surface area (Å²) in [5, 5.41) is 11.6. The molecule has 1 aliphatic rings. The molecule has 2 aromatic heterocycles. The molecule has 1 atom stereocenters. The van der Waals surface area contributed by atoms with Crippen LogP contribution < -0.4 is 15.0 Å². The molecule has 3 aromatic rings. The van der Waals surface area contributed by atoms with Gasteiger partial charge in [0.1, 0.15) is 18.1 Å². The normalized spacial score (nSPS) is 16.2. The van der Waals surface area contributed by atoms with E-state index in [1.165, 1.54) is 11.1 Å². The largest absolute Gasteiger partial charge is 0.492 e. The number of carbonyl (C=O) groups is 1. The number of ether oxygens (including phenoxy) is 1. The predicted molar refractivity (Wildman–Crippen MR) is 119 cm³/mol. The predicted octanol–water partition coefficient (Wildman–Crippen LogP) is 3.77. The van der Waals surface area contributed by atoms with Crippen molar-refractivity contribution in [3.05, 3.63) is 59.9 Å². The molecule has 1 aromatic carbocycles. The summed E-state index contributed by atoms with van der Waals surface area (Å²) in [6.45, 7) is 6.54. The van der Waals surface area contributed by atoms with Crippen LogP contribution in [0.1, 0.15) is 24.0 Å². The SMILES string of the molecule is Cc1cc(C)cc(OCCNC(=O)C2CCCN(c3ccc(-c4ccco4)nn3)C2)c1. The number of aryl methyl sites for hydroxylation is 2. The summed E-state index contributed by atoms with van der Waals surface area (Å²) in [6.07, 6.45) is 3.43. The molecule has 1 aliphatic heterocycles. The van der Waals surface area contributed by atoms with Crippen molar-refractivity contribution in [1.29, 1.82) is 0 Å². The first kappa shape index (κ1) is 20.9. The van der Waals surface area contributed by atoms with Gasteiger partial charge in [-0.1, -0.05) is 6.07 Å². The van der Waals surface area contributed by atoms with Crippen LogP contribution in [0.5, 0.6) is 5.75 Å². The van der Waals surface area contributed by atoms with Crippen LogP contribution >= 0.6 is 0 Å². The Morgan fingerprint density at radius 1 is 1.19 bits per heavy atom. The molecule has 31 heavy (non-hydrogen) atoms. The highest BCUT2D eigenvalue weighted by atomic mass is 16.5. The maximum absolute atomic E-state index is 12.7. The van der Waals surface area contributed by atoms with Crippen molar-refractivity contribution in [1.82, 2.24) is 15.5 Å². The van der Waals surface area contributed by atoms with Gasteiger partial charge in [0.25, 0.3) is 0 Å². The second-order valence-electron chi connectivity index (χ2n) is 8.00. The molecule has 0 aliphatic carbocycles. The molecule has 162 valence electrons. The Balaban J connectivity index is 1.26. The van der Waals surface area contributed by atoms with E-state index in [-0.39, 0.29) is 11.8 Å². The molecule has 1 amide bonds. The van der Waals surface area contributed by atoms with Crippen molar-refractivity contribution >= 4 is 11.7 Å². The van der Waals surface area contributed by atoms with Crippen LogP contribution in [-0.4, -0.2) is 42.3 Å². The smallest absolute Gasteiger partial charge is 0.225 e. The number of piperidine rings is 1. The minimum atomic E-state index is -0.0680. The summed E-state index contributed by atoms with van der Waals surface area (Å²) in [5.41, 5.74) is 3.03. The van der Waals surface area contributed by atoms with E-state index in [1.807, 2.05) is 50.2 Å². The van der Waals surface area contributed by atoms with Crippen LogP contribution in [0.3, 0.4) is 0 Å². The van der Waals surface area contributed by atoms with Crippen LogP contribution in [0, 0.1) is 19.8 Å². The zero-order valence-electron chi connectivity index (χ0n) is 18.0. The lowest BCUT2D eigenvalue weighted by atomic mass is 9.97. The lowest BCUT2D eigenvalue weighted by molar-refractivity contribution is -0.125. The van der Waals surface area contributed by atoms with E-state index >= 15 is 0 Å². The quantitative estimate of drug-likeness (QED) is 0.586. The van der Waals surface area contributed by atoms with Gasteiger partial charge in [-0.3, -0.25) is 4.79 Å². The number of rotatable bonds is 7. The molecule has 0 spiro atoms. The molecule has 7 nitrogen and oxygen atoms in total. The van der Waals surface area contributed by atoms with Gasteiger partial charge < -0.3 is 19.4 Å².